The molecular weight excluding hydrogens is 228 g/mol. The normalized spacial score (nSPS) is 10.6. The van der Waals surface area contributed by atoms with Crippen LogP contribution in [0.5, 0.6) is 0 Å². The fourth-order valence-electron chi connectivity index (χ4n) is 1.46. The maximum atomic E-state index is 2.10. The molecule has 0 N–H and O–H groups in total. The van der Waals surface area contributed by atoms with E-state index in [1.807, 2.05) is 36.4 Å². The van der Waals surface area contributed by atoms with Crippen LogP contribution in [-0.4, -0.2) is 0 Å². The first-order valence-corrected chi connectivity index (χ1v) is 5.40. The average Bonchev–Trinajstić information content (AvgIpc) is 2.37. The molecule has 0 aliphatic rings. The minimum Gasteiger partial charge on any atom is -0.147 e. The molecule has 0 bridgehead atoms. The maximum Gasteiger partial charge on any atom is -0.0257 e. The zero-order valence-electron chi connectivity index (χ0n) is 9.49. The third-order valence-electron chi connectivity index (χ3n) is 2.29. The van der Waals surface area contributed by atoms with Gasteiger partial charge in [-0.05, 0) is 11.1 Å². The summed E-state index contributed by atoms with van der Waals surface area (Å²) in [6, 6.07) is 20.6. The van der Waals surface area contributed by atoms with Crippen LogP contribution in [0.3, 0.4) is 0 Å². The lowest BCUT2D eigenvalue weighted by molar-refractivity contribution is 1.65. The van der Waals surface area contributed by atoms with Crippen molar-refractivity contribution in [2.45, 2.75) is 0 Å². The fourth-order valence-corrected chi connectivity index (χ4v) is 1.46. The van der Waals surface area contributed by atoms with Gasteiger partial charge in [-0.2, -0.15) is 0 Å². The van der Waals surface area contributed by atoms with E-state index >= 15 is 0 Å². The molecule has 0 amide bonds. The second-order valence-electron chi connectivity index (χ2n) is 3.54. The standard InChI is InChI=1S/C16H14.ClH/c1-3-9-15(10-4-1)13-7-8-14-16-11-5-2-6-12-16;/h1-14H;1H/b13-7+,14-8+;. The van der Waals surface area contributed by atoms with Gasteiger partial charge in [0.25, 0.3) is 0 Å². The molecule has 0 atom stereocenters. The van der Waals surface area contributed by atoms with Gasteiger partial charge in [-0.3, -0.25) is 0 Å². The van der Waals surface area contributed by atoms with Gasteiger partial charge in [-0.15, -0.1) is 12.4 Å². The van der Waals surface area contributed by atoms with Crippen LogP contribution in [0.4, 0.5) is 0 Å². The fraction of sp³-hybridized carbons (Fsp3) is 0. The van der Waals surface area contributed by atoms with Crippen LogP contribution in [0.25, 0.3) is 12.2 Å². The van der Waals surface area contributed by atoms with Crippen molar-refractivity contribution in [3.63, 3.8) is 0 Å². The molecule has 0 fully saturated rings. The zero-order valence-corrected chi connectivity index (χ0v) is 10.3. The maximum absolute atomic E-state index is 2.10. The number of benzene rings is 2. The van der Waals surface area contributed by atoms with Gasteiger partial charge >= 0.3 is 0 Å². The first-order chi connectivity index (χ1) is 7.95. The predicted molar refractivity (Wildman–Crippen MR) is 78.2 cm³/mol. The molecule has 1 heteroatoms. The molecule has 0 saturated heterocycles. The molecular formula is C16H15Cl. The van der Waals surface area contributed by atoms with E-state index in [9.17, 15) is 0 Å². The van der Waals surface area contributed by atoms with Gasteiger partial charge in [0.2, 0.25) is 0 Å². The van der Waals surface area contributed by atoms with Crippen molar-refractivity contribution in [1.29, 1.82) is 0 Å². The SMILES string of the molecule is C(/C=C/c1ccccc1)=C\c1ccccc1.Cl. The third kappa shape index (κ3) is 4.71. The lowest BCUT2D eigenvalue weighted by atomic mass is 10.2. The van der Waals surface area contributed by atoms with Gasteiger partial charge in [0.15, 0.2) is 0 Å². The minimum atomic E-state index is 0. The second-order valence-corrected chi connectivity index (χ2v) is 3.54. The number of hydrogen-bond donors (Lipinski definition) is 0. The molecule has 0 nitrogen and oxygen atoms in total. The molecule has 2 aromatic rings. The topological polar surface area (TPSA) is 0 Å². The van der Waals surface area contributed by atoms with E-state index < -0.39 is 0 Å². The second kappa shape index (κ2) is 7.48. The van der Waals surface area contributed by atoms with Crippen molar-refractivity contribution in [2.75, 3.05) is 0 Å². The van der Waals surface area contributed by atoms with Gasteiger partial charge in [0, 0.05) is 0 Å². The molecule has 2 aromatic carbocycles. The molecule has 0 radical (unpaired) electrons. The lowest BCUT2D eigenvalue weighted by Crippen LogP contribution is -1.68. The van der Waals surface area contributed by atoms with Crippen molar-refractivity contribution < 1.29 is 0 Å². The number of halogens is 1. The van der Waals surface area contributed by atoms with Crippen LogP contribution < -0.4 is 0 Å². The summed E-state index contributed by atoms with van der Waals surface area (Å²) in [7, 11) is 0. The molecule has 0 aliphatic heterocycles. The van der Waals surface area contributed by atoms with Crippen LogP contribution in [-0.2, 0) is 0 Å². The van der Waals surface area contributed by atoms with Crippen molar-refractivity contribution in [3.8, 4) is 0 Å². The molecule has 0 aliphatic carbocycles. The lowest BCUT2D eigenvalue weighted by Gasteiger charge is -1.90. The van der Waals surface area contributed by atoms with Crippen molar-refractivity contribution in [2.24, 2.45) is 0 Å². The summed E-state index contributed by atoms with van der Waals surface area (Å²) in [5.41, 5.74) is 2.44. The summed E-state index contributed by atoms with van der Waals surface area (Å²) in [6.07, 6.45) is 8.31. The number of allylic oxidation sites excluding steroid dienone is 2. The van der Waals surface area contributed by atoms with Crippen LogP contribution >= 0.6 is 12.4 Å². The quantitative estimate of drug-likeness (QED) is 0.676. The Morgan fingerprint density at radius 3 is 1.24 bits per heavy atom. The highest BCUT2D eigenvalue weighted by Crippen LogP contribution is 2.03. The Kier molecular flexibility index (Phi) is 5.84. The highest BCUT2D eigenvalue weighted by atomic mass is 35.5. The van der Waals surface area contributed by atoms with Gasteiger partial charge in [0.1, 0.15) is 0 Å². The summed E-state index contributed by atoms with van der Waals surface area (Å²) in [5, 5.41) is 0. The van der Waals surface area contributed by atoms with E-state index in [0.29, 0.717) is 0 Å². The highest BCUT2D eigenvalue weighted by molar-refractivity contribution is 5.85. The summed E-state index contributed by atoms with van der Waals surface area (Å²) in [4.78, 5) is 0. The van der Waals surface area contributed by atoms with E-state index in [1.54, 1.807) is 0 Å². The van der Waals surface area contributed by atoms with Crippen LogP contribution in [0.15, 0.2) is 72.8 Å². The Morgan fingerprint density at radius 2 is 0.882 bits per heavy atom. The van der Waals surface area contributed by atoms with E-state index in [4.69, 9.17) is 0 Å². The number of rotatable bonds is 3. The Morgan fingerprint density at radius 1 is 0.529 bits per heavy atom. The minimum absolute atomic E-state index is 0. The van der Waals surface area contributed by atoms with Crippen LogP contribution in [0.1, 0.15) is 11.1 Å². The van der Waals surface area contributed by atoms with Gasteiger partial charge in [-0.25, -0.2) is 0 Å². The van der Waals surface area contributed by atoms with E-state index in [-0.39, 0.29) is 12.4 Å². The summed E-state index contributed by atoms with van der Waals surface area (Å²) in [6.45, 7) is 0. The summed E-state index contributed by atoms with van der Waals surface area (Å²) < 4.78 is 0. The Labute approximate surface area is 109 Å². The Balaban J connectivity index is 0.00000144. The molecule has 0 spiro atoms. The zero-order chi connectivity index (χ0) is 11.1. The van der Waals surface area contributed by atoms with Gasteiger partial charge in [-0.1, -0.05) is 85.0 Å². The molecule has 0 saturated carbocycles. The number of hydrogen-bond acceptors (Lipinski definition) is 0. The largest absolute Gasteiger partial charge is 0.147 e. The molecule has 17 heavy (non-hydrogen) atoms. The van der Waals surface area contributed by atoms with E-state index in [0.717, 1.165) is 0 Å². The smallest absolute Gasteiger partial charge is 0.0257 e. The van der Waals surface area contributed by atoms with Crippen molar-refractivity contribution >= 4 is 24.6 Å². The van der Waals surface area contributed by atoms with Crippen molar-refractivity contribution in [1.82, 2.24) is 0 Å². The van der Waals surface area contributed by atoms with Gasteiger partial charge < -0.3 is 0 Å². The average molecular weight is 243 g/mol. The molecule has 0 heterocycles. The molecule has 0 aromatic heterocycles. The highest BCUT2D eigenvalue weighted by Gasteiger charge is 1.81. The Bertz CT molecular complexity index is 422. The molecule has 0 unspecified atom stereocenters. The summed E-state index contributed by atoms with van der Waals surface area (Å²) >= 11 is 0. The van der Waals surface area contributed by atoms with Crippen molar-refractivity contribution in [3.05, 3.63) is 83.9 Å². The molecule has 2 rings (SSSR count). The van der Waals surface area contributed by atoms with Gasteiger partial charge in [0.05, 0.1) is 0 Å². The molecule has 86 valence electrons. The van der Waals surface area contributed by atoms with Crippen LogP contribution in [0.2, 0.25) is 0 Å². The first-order valence-electron chi connectivity index (χ1n) is 5.40. The Hall–Kier alpha value is -1.79. The predicted octanol–water partition coefficient (Wildman–Crippen LogP) is 4.84. The van der Waals surface area contributed by atoms with E-state index in [1.165, 1.54) is 11.1 Å². The third-order valence-corrected chi connectivity index (χ3v) is 2.29. The first kappa shape index (κ1) is 13.3. The summed E-state index contributed by atoms with van der Waals surface area (Å²) in [5.74, 6) is 0. The van der Waals surface area contributed by atoms with Crippen LogP contribution in [0, 0.1) is 0 Å². The van der Waals surface area contributed by atoms with E-state index in [2.05, 4.69) is 48.6 Å². The monoisotopic (exact) mass is 242 g/mol.